The minimum Gasteiger partial charge on any atom is -0.292 e. The summed E-state index contributed by atoms with van der Waals surface area (Å²) in [6.07, 6.45) is 0. The van der Waals surface area contributed by atoms with Crippen molar-refractivity contribution in [2.24, 2.45) is 0 Å². The van der Waals surface area contributed by atoms with Crippen molar-refractivity contribution in [1.82, 2.24) is 4.72 Å². The second kappa shape index (κ2) is 8.18. The summed E-state index contributed by atoms with van der Waals surface area (Å²) < 4.78 is 55.5. The molecule has 0 amide bonds. The molecule has 144 valence electrons. The lowest BCUT2D eigenvalue weighted by Crippen LogP contribution is -2.30. The van der Waals surface area contributed by atoms with Gasteiger partial charge in [-0.3, -0.25) is 4.79 Å². The third kappa shape index (κ3) is 4.27. The molecule has 1 N–H and O–H groups in total. The third-order valence-electron chi connectivity index (χ3n) is 3.98. The fraction of sp³-hybridized carbons (Fsp3) is 0.0500. The first-order valence-corrected chi connectivity index (χ1v) is 9.97. The Morgan fingerprint density at radius 3 is 2.36 bits per heavy atom. The van der Waals surface area contributed by atoms with Crippen molar-refractivity contribution in [2.45, 2.75) is 4.90 Å². The van der Waals surface area contributed by atoms with Crippen LogP contribution in [-0.2, 0) is 10.0 Å². The number of halogens is 3. The van der Waals surface area contributed by atoms with E-state index < -0.39 is 39.5 Å². The summed E-state index contributed by atoms with van der Waals surface area (Å²) >= 11 is 5.77. The summed E-state index contributed by atoms with van der Waals surface area (Å²) in [6.45, 7) is -0.805. The van der Waals surface area contributed by atoms with E-state index in [1.165, 1.54) is 30.3 Å². The zero-order chi connectivity index (χ0) is 20.3. The van der Waals surface area contributed by atoms with Crippen LogP contribution < -0.4 is 4.72 Å². The molecule has 3 aromatic rings. The number of ketones is 1. The van der Waals surface area contributed by atoms with E-state index >= 15 is 0 Å². The van der Waals surface area contributed by atoms with Gasteiger partial charge in [-0.1, -0.05) is 48.0 Å². The highest BCUT2D eigenvalue weighted by atomic mass is 35.5. The summed E-state index contributed by atoms with van der Waals surface area (Å²) in [6, 6.07) is 15.9. The van der Waals surface area contributed by atoms with E-state index in [4.69, 9.17) is 11.6 Å². The molecule has 3 rings (SSSR count). The maximum Gasteiger partial charge on any atom is 0.241 e. The number of rotatable bonds is 6. The molecule has 0 aliphatic rings. The largest absolute Gasteiger partial charge is 0.292 e. The van der Waals surface area contributed by atoms with Crippen molar-refractivity contribution in [2.75, 3.05) is 6.54 Å². The van der Waals surface area contributed by atoms with Crippen LogP contribution in [0.15, 0.2) is 71.6 Å². The normalized spacial score (nSPS) is 11.4. The Bertz CT molecular complexity index is 1140. The number of carbonyl (C=O) groups is 1. The molecule has 28 heavy (non-hydrogen) atoms. The van der Waals surface area contributed by atoms with Gasteiger partial charge >= 0.3 is 0 Å². The SMILES string of the molecule is O=C(CNS(=O)(=O)c1cccc(Cl)c1)c1c(F)ccc(-c2ccccc2)c1F. The molecule has 0 saturated carbocycles. The number of carbonyl (C=O) groups excluding carboxylic acids is 1. The van der Waals surface area contributed by atoms with Crippen molar-refractivity contribution in [3.05, 3.63) is 89.0 Å². The van der Waals surface area contributed by atoms with Crippen LogP contribution in [0.3, 0.4) is 0 Å². The number of hydrogen-bond acceptors (Lipinski definition) is 3. The van der Waals surface area contributed by atoms with Crippen molar-refractivity contribution in [3.8, 4) is 11.1 Å². The maximum atomic E-state index is 14.8. The Balaban J connectivity index is 1.87. The monoisotopic (exact) mass is 421 g/mol. The van der Waals surface area contributed by atoms with E-state index in [2.05, 4.69) is 0 Å². The third-order valence-corrected chi connectivity index (χ3v) is 5.62. The fourth-order valence-corrected chi connectivity index (χ4v) is 3.90. The topological polar surface area (TPSA) is 63.2 Å². The molecule has 0 saturated heterocycles. The van der Waals surface area contributed by atoms with Gasteiger partial charge in [0.05, 0.1) is 17.0 Å². The first-order chi connectivity index (χ1) is 13.3. The molecule has 0 spiro atoms. The first-order valence-electron chi connectivity index (χ1n) is 8.11. The van der Waals surface area contributed by atoms with Crippen molar-refractivity contribution >= 4 is 27.4 Å². The fourth-order valence-electron chi connectivity index (χ4n) is 2.62. The lowest BCUT2D eigenvalue weighted by Gasteiger charge is -2.10. The molecule has 0 fully saturated rings. The van der Waals surface area contributed by atoms with E-state index in [0.29, 0.717) is 5.56 Å². The minimum atomic E-state index is -4.07. The number of Topliss-reactive ketones (excluding diaryl/α,β-unsaturated/α-hetero) is 1. The van der Waals surface area contributed by atoms with Gasteiger partial charge in [0.25, 0.3) is 0 Å². The van der Waals surface area contributed by atoms with E-state index in [0.717, 1.165) is 6.07 Å². The van der Waals surface area contributed by atoms with Crippen LogP contribution >= 0.6 is 11.6 Å². The van der Waals surface area contributed by atoms with Gasteiger partial charge in [0.15, 0.2) is 5.78 Å². The molecule has 0 unspecified atom stereocenters. The molecule has 0 radical (unpaired) electrons. The predicted octanol–water partition coefficient (Wildman–Crippen LogP) is 4.45. The summed E-state index contributed by atoms with van der Waals surface area (Å²) in [7, 11) is -4.07. The Hall–Kier alpha value is -2.61. The van der Waals surface area contributed by atoms with Crippen molar-refractivity contribution in [3.63, 3.8) is 0 Å². The Labute approximate surface area is 165 Å². The highest BCUT2D eigenvalue weighted by molar-refractivity contribution is 7.89. The van der Waals surface area contributed by atoms with Gasteiger partial charge in [-0.25, -0.2) is 21.9 Å². The first kappa shape index (κ1) is 20.1. The van der Waals surface area contributed by atoms with Crippen LogP contribution in [0.4, 0.5) is 8.78 Å². The number of sulfonamides is 1. The summed E-state index contributed by atoms with van der Waals surface area (Å²) in [4.78, 5) is 12.2. The molecule has 0 heterocycles. The highest BCUT2D eigenvalue weighted by Crippen LogP contribution is 2.27. The van der Waals surface area contributed by atoms with Gasteiger partial charge in [-0.15, -0.1) is 0 Å². The summed E-state index contributed by atoms with van der Waals surface area (Å²) in [5.41, 5.74) is -0.285. The molecule has 4 nitrogen and oxygen atoms in total. The molecular weight excluding hydrogens is 408 g/mol. The van der Waals surface area contributed by atoms with Crippen LogP contribution in [0.1, 0.15) is 10.4 Å². The smallest absolute Gasteiger partial charge is 0.241 e. The van der Waals surface area contributed by atoms with E-state index in [1.807, 2.05) is 4.72 Å². The van der Waals surface area contributed by atoms with Crippen LogP contribution in [0.5, 0.6) is 0 Å². The highest BCUT2D eigenvalue weighted by Gasteiger charge is 2.23. The molecule has 8 heteroatoms. The van der Waals surface area contributed by atoms with Gasteiger partial charge in [0, 0.05) is 10.6 Å². The zero-order valence-corrected chi connectivity index (χ0v) is 15.9. The molecule has 0 aliphatic carbocycles. The molecular formula is C20H14ClF2NO3S. The van der Waals surface area contributed by atoms with E-state index in [-0.39, 0.29) is 15.5 Å². The molecule has 0 aromatic heterocycles. The lowest BCUT2D eigenvalue weighted by atomic mass is 9.99. The number of nitrogens with one attached hydrogen (secondary N) is 1. The average Bonchev–Trinajstić information content (AvgIpc) is 2.67. The quantitative estimate of drug-likeness (QED) is 0.598. The Morgan fingerprint density at radius 2 is 1.68 bits per heavy atom. The Kier molecular flexibility index (Phi) is 5.88. The molecule has 0 bridgehead atoms. The number of hydrogen-bond donors (Lipinski definition) is 1. The van der Waals surface area contributed by atoms with Gasteiger partial charge in [0.2, 0.25) is 10.0 Å². The molecule has 3 aromatic carbocycles. The van der Waals surface area contributed by atoms with Crippen LogP contribution in [0.2, 0.25) is 5.02 Å². The maximum absolute atomic E-state index is 14.8. The lowest BCUT2D eigenvalue weighted by molar-refractivity contribution is 0.0989. The Morgan fingerprint density at radius 1 is 0.964 bits per heavy atom. The predicted molar refractivity (Wildman–Crippen MR) is 103 cm³/mol. The van der Waals surface area contributed by atoms with Crippen molar-refractivity contribution in [1.29, 1.82) is 0 Å². The summed E-state index contributed by atoms with van der Waals surface area (Å²) in [5.74, 6) is -3.14. The van der Waals surface area contributed by atoms with Crippen LogP contribution in [0.25, 0.3) is 11.1 Å². The zero-order valence-electron chi connectivity index (χ0n) is 14.3. The second-order valence-electron chi connectivity index (χ2n) is 5.86. The van der Waals surface area contributed by atoms with Crippen LogP contribution in [0, 0.1) is 11.6 Å². The van der Waals surface area contributed by atoms with Gasteiger partial charge < -0.3 is 0 Å². The molecule has 0 atom stereocenters. The molecule has 0 aliphatic heterocycles. The van der Waals surface area contributed by atoms with Crippen LogP contribution in [-0.4, -0.2) is 20.7 Å². The van der Waals surface area contributed by atoms with E-state index in [9.17, 15) is 22.0 Å². The van der Waals surface area contributed by atoms with E-state index in [1.54, 1.807) is 30.3 Å². The minimum absolute atomic E-state index is 0.0445. The van der Waals surface area contributed by atoms with Gasteiger partial charge in [-0.05, 0) is 35.9 Å². The average molecular weight is 422 g/mol. The second-order valence-corrected chi connectivity index (χ2v) is 8.06. The van der Waals surface area contributed by atoms with Gasteiger partial charge in [0.1, 0.15) is 11.6 Å². The van der Waals surface area contributed by atoms with Crippen molar-refractivity contribution < 1.29 is 22.0 Å². The van der Waals surface area contributed by atoms with Gasteiger partial charge in [-0.2, -0.15) is 0 Å². The summed E-state index contributed by atoms with van der Waals surface area (Å²) in [5, 5.41) is 0.196. The number of benzene rings is 3. The standard InChI is InChI=1S/C20H14ClF2NO3S/c21-14-7-4-8-15(11-14)28(26,27)24-12-18(25)19-17(22)10-9-16(20(19)23)13-5-2-1-3-6-13/h1-11,24H,12H2.